The van der Waals surface area contributed by atoms with Crippen molar-refractivity contribution in [1.29, 1.82) is 0 Å². The molecule has 3 aromatic rings. The Bertz CT molecular complexity index is 766. The van der Waals surface area contributed by atoms with Crippen LogP contribution in [0.3, 0.4) is 0 Å². The fourth-order valence-electron chi connectivity index (χ4n) is 2.29. The van der Waals surface area contributed by atoms with Gasteiger partial charge in [-0.1, -0.05) is 23.7 Å². The summed E-state index contributed by atoms with van der Waals surface area (Å²) in [5, 5.41) is 8.61. The molecule has 108 valence electrons. The van der Waals surface area contributed by atoms with Crippen LogP contribution in [-0.4, -0.2) is 14.6 Å². The van der Waals surface area contributed by atoms with E-state index in [0.29, 0.717) is 0 Å². The average Bonchev–Trinajstić information content (AvgIpc) is 2.84. The number of halogens is 1. The van der Waals surface area contributed by atoms with Crippen molar-refractivity contribution in [3.05, 3.63) is 64.6 Å². The number of fused-ring (bicyclic) bond motifs is 1. The molecule has 0 saturated carbocycles. The summed E-state index contributed by atoms with van der Waals surface area (Å²) in [4.78, 5) is 4.41. The first-order chi connectivity index (χ1) is 10.1. The molecule has 0 bridgehead atoms. The highest BCUT2D eigenvalue weighted by atomic mass is 35.5. The maximum atomic E-state index is 6.02. The van der Waals surface area contributed by atoms with Crippen LogP contribution in [0.1, 0.15) is 29.8 Å². The van der Waals surface area contributed by atoms with E-state index >= 15 is 0 Å². The number of nitrogens with zero attached hydrogens (tertiary/aromatic N) is 3. The summed E-state index contributed by atoms with van der Waals surface area (Å²) in [5.74, 6) is 0. The molecule has 1 atom stereocenters. The van der Waals surface area contributed by atoms with Gasteiger partial charge in [0.15, 0.2) is 5.65 Å². The summed E-state index contributed by atoms with van der Waals surface area (Å²) >= 11 is 6.02. The Balaban J connectivity index is 1.70. The van der Waals surface area contributed by atoms with Crippen LogP contribution >= 0.6 is 11.6 Å². The molecular weight excluding hydrogens is 284 g/mol. The van der Waals surface area contributed by atoms with Gasteiger partial charge in [0, 0.05) is 41.6 Å². The lowest BCUT2D eigenvalue weighted by Crippen LogP contribution is -2.18. The summed E-state index contributed by atoms with van der Waals surface area (Å²) in [6.07, 6.45) is 3.89. The molecular formula is C16H17ClN4. The third kappa shape index (κ3) is 3.23. The number of nitrogens with one attached hydrogen (secondary N) is 1. The van der Waals surface area contributed by atoms with Crippen LogP contribution in [-0.2, 0) is 6.54 Å². The zero-order chi connectivity index (χ0) is 14.8. The lowest BCUT2D eigenvalue weighted by atomic mass is 10.1. The highest BCUT2D eigenvalue weighted by molar-refractivity contribution is 6.30. The minimum absolute atomic E-state index is 0.221. The molecule has 0 radical (unpaired) electrons. The molecule has 21 heavy (non-hydrogen) atoms. The van der Waals surface area contributed by atoms with E-state index in [4.69, 9.17) is 11.6 Å². The van der Waals surface area contributed by atoms with Crippen molar-refractivity contribution in [2.45, 2.75) is 26.4 Å². The van der Waals surface area contributed by atoms with Crippen molar-refractivity contribution in [2.75, 3.05) is 0 Å². The number of hydrogen-bond donors (Lipinski definition) is 1. The molecule has 2 aromatic heterocycles. The molecule has 0 aliphatic rings. The summed E-state index contributed by atoms with van der Waals surface area (Å²) in [6, 6.07) is 10.1. The lowest BCUT2D eigenvalue weighted by molar-refractivity contribution is 0.572. The van der Waals surface area contributed by atoms with E-state index < -0.39 is 0 Å². The van der Waals surface area contributed by atoms with Crippen molar-refractivity contribution in [3.8, 4) is 0 Å². The van der Waals surface area contributed by atoms with Crippen LogP contribution in [0.4, 0.5) is 0 Å². The maximum absolute atomic E-state index is 6.02. The first-order valence-corrected chi connectivity index (χ1v) is 7.29. The number of aromatic nitrogens is 3. The molecule has 0 amide bonds. The molecule has 1 aromatic carbocycles. The Morgan fingerprint density at radius 1 is 1.33 bits per heavy atom. The van der Waals surface area contributed by atoms with Gasteiger partial charge in [-0.3, -0.25) is 0 Å². The van der Waals surface area contributed by atoms with Gasteiger partial charge in [0.1, 0.15) is 0 Å². The van der Waals surface area contributed by atoms with E-state index in [0.717, 1.165) is 28.5 Å². The van der Waals surface area contributed by atoms with Crippen molar-refractivity contribution in [1.82, 2.24) is 19.9 Å². The molecule has 0 fully saturated rings. The highest BCUT2D eigenvalue weighted by Gasteiger charge is 2.06. The van der Waals surface area contributed by atoms with E-state index in [1.54, 1.807) is 0 Å². The Hall–Kier alpha value is -1.91. The van der Waals surface area contributed by atoms with E-state index in [1.807, 2.05) is 48.1 Å². The summed E-state index contributed by atoms with van der Waals surface area (Å²) in [6.45, 7) is 4.82. The van der Waals surface area contributed by atoms with Crippen molar-refractivity contribution >= 4 is 17.2 Å². The quantitative estimate of drug-likeness (QED) is 0.801. The molecule has 0 aliphatic carbocycles. The largest absolute Gasteiger partial charge is 0.306 e. The molecule has 0 spiro atoms. The summed E-state index contributed by atoms with van der Waals surface area (Å²) in [5.41, 5.74) is 4.12. The fourth-order valence-corrected chi connectivity index (χ4v) is 2.49. The molecule has 4 nitrogen and oxygen atoms in total. The van der Waals surface area contributed by atoms with Crippen LogP contribution in [0.25, 0.3) is 5.65 Å². The summed E-state index contributed by atoms with van der Waals surface area (Å²) < 4.78 is 1.82. The number of aryl methyl sites for hydroxylation is 1. The number of rotatable bonds is 4. The zero-order valence-electron chi connectivity index (χ0n) is 12.0. The number of benzene rings is 1. The van der Waals surface area contributed by atoms with Gasteiger partial charge in [0.25, 0.3) is 0 Å². The van der Waals surface area contributed by atoms with Gasteiger partial charge in [-0.05, 0) is 31.5 Å². The van der Waals surface area contributed by atoms with E-state index in [1.165, 1.54) is 5.56 Å². The second-order valence-electron chi connectivity index (χ2n) is 5.21. The molecule has 0 aliphatic heterocycles. The average molecular weight is 301 g/mol. The highest BCUT2D eigenvalue weighted by Crippen LogP contribution is 2.17. The van der Waals surface area contributed by atoms with Crippen LogP contribution in [0.15, 0.2) is 42.7 Å². The van der Waals surface area contributed by atoms with Crippen molar-refractivity contribution in [2.24, 2.45) is 0 Å². The monoisotopic (exact) mass is 300 g/mol. The fraction of sp³-hybridized carbons (Fsp3) is 0.250. The Kier molecular flexibility index (Phi) is 3.90. The molecule has 0 unspecified atom stereocenters. The standard InChI is InChI=1S/C16H17ClN4/c1-11-6-16-19-9-13(10-21(16)20-11)8-18-12(2)14-4-3-5-15(17)7-14/h3-7,9-10,12,18H,8H2,1-2H3/t12-/m1/s1. The molecule has 2 heterocycles. The van der Waals surface area contributed by atoms with Gasteiger partial charge >= 0.3 is 0 Å². The van der Waals surface area contributed by atoms with Gasteiger partial charge in [-0.2, -0.15) is 5.10 Å². The Morgan fingerprint density at radius 2 is 2.19 bits per heavy atom. The van der Waals surface area contributed by atoms with E-state index in [-0.39, 0.29) is 6.04 Å². The van der Waals surface area contributed by atoms with Crippen molar-refractivity contribution < 1.29 is 0 Å². The molecule has 1 N–H and O–H groups in total. The SMILES string of the molecule is Cc1cc2ncc(CN[C@H](C)c3cccc(Cl)c3)cn2n1. The second-order valence-corrected chi connectivity index (χ2v) is 5.64. The maximum Gasteiger partial charge on any atom is 0.155 e. The van der Waals surface area contributed by atoms with Gasteiger partial charge < -0.3 is 5.32 Å². The molecule has 3 rings (SSSR count). The summed E-state index contributed by atoms with van der Waals surface area (Å²) in [7, 11) is 0. The predicted octanol–water partition coefficient (Wildman–Crippen LogP) is 3.54. The van der Waals surface area contributed by atoms with E-state index in [9.17, 15) is 0 Å². The molecule has 0 saturated heterocycles. The van der Waals surface area contributed by atoms with Crippen LogP contribution in [0, 0.1) is 6.92 Å². The van der Waals surface area contributed by atoms with Gasteiger partial charge in [-0.25, -0.2) is 9.50 Å². The Morgan fingerprint density at radius 3 is 3.00 bits per heavy atom. The predicted molar refractivity (Wildman–Crippen MR) is 84.4 cm³/mol. The normalized spacial score (nSPS) is 12.7. The third-order valence-electron chi connectivity index (χ3n) is 3.45. The van der Waals surface area contributed by atoms with Gasteiger partial charge in [-0.15, -0.1) is 0 Å². The zero-order valence-corrected chi connectivity index (χ0v) is 12.8. The third-order valence-corrected chi connectivity index (χ3v) is 3.69. The number of hydrogen-bond acceptors (Lipinski definition) is 3. The second kappa shape index (κ2) is 5.84. The lowest BCUT2D eigenvalue weighted by Gasteiger charge is -2.14. The minimum Gasteiger partial charge on any atom is -0.306 e. The van der Waals surface area contributed by atoms with Gasteiger partial charge in [0.2, 0.25) is 0 Å². The minimum atomic E-state index is 0.221. The first-order valence-electron chi connectivity index (χ1n) is 6.91. The van der Waals surface area contributed by atoms with E-state index in [2.05, 4.69) is 28.4 Å². The van der Waals surface area contributed by atoms with Crippen LogP contribution < -0.4 is 5.32 Å². The smallest absolute Gasteiger partial charge is 0.155 e. The first kappa shape index (κ1) is 14.0. The van der Waals surface area contributed by atoms with Gasteiger partial charge in [0.05, 0.1) is 5.69 Å². The van der Waals surface area contributed by atoms with Crippen LogP contribution in [0.2, 0.25) is 5.02 Å². The topological polar surface area (TPSA) is 42.2 Å². The Labute approximate surface area is 128 Å². The van der Waals surface area contributed by atoms with Crippen LogP contribution in [0.5, 0.6) is 0 Å². The van der Waals surface area contributed by atoms with Crippen molar-refractivity contribution in [3.63, 3.8) is 0 Å². The molecule has 5 heteroatoms.